The lowest BCUT2D eigenvalue weighted by Gasteiger charge is -2.27. The van der Waals surface area contributed by atoms with Crippen molar-refractivity contribution < 1.29 is 0 Å². The van der Waals surface area contributed by atoms with Crippen molar-refractivity contribution in [3.8, 4) is 0 Å². The second-order valence-electron chi connectivity index (χ2n) is 6.33. The zero-order valence-corrected chi connectivity index (χ0v) is 13.1. The molecule has 22 heavy (non-hydrogen) atoms. The Morgan fingerprint density at radius 1 is 0.591 bits per heavy atom. The SMILES string of the molecule is C[C@H]([c-]1ccc2ccccc21)[C@H](C)[c-]1ccc2ccccc21. The van der Waals surface area contributed by atoms with E-state index in [0.717, 1.165) is 0 Å². The standard InChI is InChI=1S/C22H20/c1-15(19-13-11-17-7-3-5-9-21(17)19)16(2)20-14-12-18-8-4-6-10-22(18)20/h3-16H,1-2H3/q-2/t15-,16-/m0/s1. The lowest BCUT2D eigenvalue weighted by atomic mass is 9.84. The Labute approximate surface area is 131 Å². The van der Waals surface area contributed by atoms with E-state index in [-0.39, 0.29) is 0 Å². The number of rotatable bonds is 3. The normalized spacial score (nSPS) is 14.5. The van der Waals surface area contributed by atoms with E-state index >= 15 is 0 Å². The quantitative estimate of drug-likeness (QED) is 0.385. The zero-order valence-electron chi connectivity index (χ0n) is 13.1. The molecule has 2 atom stereocenters. The molecule has 0 bridgehead atoms. The summed E-state index contributed by atoms with van der Waals surface area (Å²) in [5, 5.41) is 5.50. The van der Waals surface area contributed by atoms with Crippen molar-refractivity contribution in [2.45, 2.75) is 25.7 Å². The van der Waals surface area contributed by atoms with Crippen molar-refractivity contribution in [3.63, 3.8) is 0 Å². The van der Waals surface area contributed by atoms with Crippen molar-refractivity contribution in [2.75, 3.05) is 0 Å². The first kappa shape index (κ1) is 13.3. The van der Waals surface area contributed by atoms with Crippen molar-refractivity contribution in [3.05, 3.63) is 83.9 Å². The molecular weight excluding hydrogens is 264 g/mol. The van der Waals surface area contributed by atoms with Crippen molar-refractivity contribution in [1.29, 1.82) is 0 Å². The van der Waals surface area contributed by atoms with Crippen LogP contribution in [0, 0.1) is 0 Å². The minimum Gasteiger partial charge on any atom is -0.168 e. The first-order valence-corrected chi connectivity index (χ1v) is 8.04. The van der Waals surface area contributed by atoms with Crippen molar-refractivity contribution in [2.24, 2.45) is 0 Å². The second-order valence-corrected chi connectivity index (χ2v) is 6.33. The summed E-state index contributed by atoms with van der Waals surface area (Å²) in [5.74, 6) is 1.01. The van der Waals surface area contributed by atoms with Crippen LogP contribution in [0.5, 0.6) is 0 Å². The third-order valence-electron chi connectivity index (χ3n) is 5.16. The molecule has 0 N–H and O–H groups in total. The average Bonchev–Trinajstić information content (AvgIpc) is 3.17. The van der Waals surface area contributed by atoms with Crippen LogP contribution in [-0.2, 0) is 0 Å². The Kier molecular flexibility index (Phi) is 3.11. The molecule has 0 aromatic heterocycles. The Hall–Kier alpha value is -2.34. The topological polar surface area (TPSA) is 0 Å². The van der Waals surface area contributed by atoms with E-state index in [0.29, 0.717) is 11.8 Å². The van der Waals surface area contributed by atoms with Gasteiger partial charge in [-0.2, -0.15) is 12.1 Å². The molecule has 0 aliphatic carbocycles. The van der Waals surface area contributed by atoms with E-state index in [1.54, 1.807) is 0 Å². The van der Waals surface area contributed by atoms with Crippen LogP contribution < -0.4 is 0 Å². The molecule has 110 valence electrons. The molecule has 0 aliphatic heterocycles. The maximum Gasteiger partial charge on any atom is -0.0550 e. The zero-order chi connectivity index (χ0) is 15.1. The largest absolute Gasteiger partial charge is 0.168 e. The molecule has 4 aromatic carbocycles. The predicted octanol–water partition coefficient (Wildman–Crippen LogP) is 6.34. The van der Waals surface area contributed by atoms with Gasteiger partial charge < -0.3 is 0 Å². The van der Waals surface area contributed by atoms with Gasteiger partial charge in [0, 0.05) is 0 Å². The smallest absolute Gasteiger partial charge is 0.0550 e. The van der Waals surface area contributed by atoms with Crippen molar-refractivity contribution >= 4 is 21.5 Å². The summed E-state index contributed by atoms with van der Waals surface area (Å²) < 4.78 is 0. The van der Waals surface area contributed by atoms with Crippen LogP contribution in [-0.4, -0.2) is 0 Å². The third-order valence-corrected chi connectivity index (χ3v) is 5.16. The van der Waals surface area contributed by atoms with Gasteiger partial charge in [-0.05, 0) is 0 Å². The first-order valence-electron chi connectivity index (χ1n) is 8.04. The molecule has 0 saturated heterocycles. The van der Waals surface area contributed by atoms with Crippen LogP contribution in [0.15, 0.2) is 72.8 Å². The highest BCUT2D eigenvalue weighted by atomic mass is 14.2. The number of benzene rings is 2. The average molecular weight is 284 g/mol. The molecule has 0 amide bonds. The van der Waals surface area contributed by atoms with Gasteiger partial charge in [0.2, 0.25) is 0 Å². The molecule has 0 heterocycles. The number of fused-ring (bicyclic) bond motifs is 2. The minimum atomic E-state index is 0.505. The van der Waals surface area contributed by atoms with E-state index in [1.165, 1.54) is 32.7 Å². The molecule has 0 radical (unpaired) electrons. The fourth-order valence-electron chi connectivity index (χ4n) is 3.68. The lowest BCUT2D eigenvalue weighted by molar-refractivity contribution is 0.633. The van der Waals surface area contributed by atoms with Gasteiger partial charge in [-0.3, -0.25) is 0 Å². The number of hydrogen-bond donors (Lipinski definition) is 0. The fourth-order valence-corrected chi connectivity index (χ4v) is 3.68. The van der Waals surface area contributed by atoms with Crippen molar-refractivity contribution in [1.82, 2.24) is 0 Å². The van der Waals surface area contributed by atoms with Gasteiger partial charge in [0.1, 0.15) is 0 Å². The molecule has 4 aromatic rings. The van der Waals surface area contributed by atoms with Gasteiger partial charge in [0.05, 0.1) is 0 Å². The Bertz CT molecular complexity index is 841. The Morgan fingerprint density at radius 2 is 1.00 bits per heavy atom. The summed E-state index contributed by atoms with van der Waals surface area (Å²) in [6.45, 7) is 4.71. The van der Waals surface area contributed by atoms with E-state index in [4.69, 9.17) is 0 Å². The summed E-state index contributed by atoms with van der Waals surface area (Å²) in [4.78, 5) is 0. The monoisotopic (exact) mass is 284 g/mol. The van der Waals surface area contributed by atoms with E-state index in [2.05, 4.69) is 86.6 Å². The molecule has 0 nitrogen and oxygen atoms in total. The molecular formula is C22H20-2. The van der Waals surface area contributed by atoms with E-state index in [1.807, 2.05) is 0 Å². The van der Waals surface area contributed by atoms with Crippen LogP contribution in [0.25, 0.3) is 21.5 Å². The lowest BCUT2D eigenvalue weighted by Crippen LogP contribution is -2.03. The van der Waals surface area contributed by atoms with E-state index < -0.39 is 0 Å². The summed E-state index contributed by atoms with van der Waals surface area (Å²) in [7, 11) is 0. The minimum absolute atomic E-state index is 0.505. The number of hydrogen-bond acceptors (Lipinski definition) is 0. The molecule has 0 heteroatoms. The molecule has 0 fully saturated rings. The van der Waals surface area contributed by atoms with Crippen LogP contribution >= 0.6 is 0 Å². The Morgan fingerprint density at radius 3 is 1.45 bits per heavy atom. The summed E-state index contributed by atoms with van der Waals surface area (Å²) >= 11 is 0. The van der Waals surface area contributed by atoms with Crippen LogP contribution in [0.2, 0.25) is 0 Å². The van der Waals surface area contributed by atoms with Crippen LogP contribution in [0.1, 0.15) is 36.8 Å². The third kappa shape index (κ3) is 1.99. The highest BCUT2D eigenvalue weighted by Crippen LogP contribution is 2.39. The molecule has 4 rings (SSSR count). The molecule has 0 saturated carbocycles. The molecule has 0 aliphatic rings. The van der Waals surface area contributed by atoms with Gasteiger partial charge in [0.15, 0.2) is 0 Å². The van der Waals surface area contributed by atoms with Gasteiger partial charge >= 0.3 is 0 Å². The van der Waals surface area contributed by atoms with Crippen LogP contribution in [0.4, 0.5) is 0 Å². The van der Waals surface area contributed by atoms with Gasteiger partial charge in [0.25, 0.3) is 0 Å². The van der Waals surface area contributed by atoms with E-state index in [9.17, 15) is 0 Å². The summed E-state index contributed by atoms with van der Waals surface area (Å²) in [6, 6.07) is 26.5. The highest BCUT2D eigenvalue weighted by Gasteiger charge is 2.14. The fraction of sp³-hybridized carbons (Fsp3) is 0.182. The maximum absolute atomic E-state index is 2.36. The summed E-state index contributed by atoms with van der Waals surface area (Å²) in [6.07, 6.45) is 0. The maximum atomic E-state index is 2.36. The van der Waals surface area contributed by atoms with Gasteiger partial charge in [-0.1, -0.05) is 37.8 Å². The highest BCUT2D eigenvalue weighted by molar-refractivity contribution is 5.90. The molecule has 0 spiro atoms. The van der Waals surface area contributed by atoms with Gasteiger partial charge in [-0.15, -0.1) is 81.2 Å². The predicted molar refractivity (Wildman–Crippen MR) is 95.9 cm³/mol. The summed E-state index contributed by atoms with van der Waals surface area (Å²) in [5.41, 5.74) is 2.93. The van der Waals surface area contributed by atoms with Gasteiger partial charge in [-0.25, -0.2) is 0 Å². The second kappa shape index (κ2) is 5.14. The van der Waals surface area contributed by atoms with Crippen LogP contribution in [0.3, 0.4) is 0 Å². The Balaban J connectivity index is 1.77. The first-order chi connectivity index (χ1) is 10.8. The molecule has 0 unspecified atom stereocenters.